The quantitative estimate of drug-likeness (QED) is 0.745. The Bertz CT molecular complexity index is 903. The van der Waals surface area contributed by atoms with Gasteiger partial charge in [0.2, 0.25) is 0 Å². The van der Waals surface area contributed by atoms with Crippen LogP contribution in [0.1, 0.15) is 33.1 Å². The third-order valence-corrected chi connectivity index (χ3v) is 6.20. The third-order valence-electron chi connectivity index (χ3n) is 5.05. The second-order valence-corrected chi connectivity index (χ2v) is 7.70. The van der Waals surface area contributed by atoms with Gasteiger partial charge in [-0.2, -0.15) is 5.10 Å². The molecule has 1 saturated heterocycles. The summed E-state index contributed by atoms with van der Waals surface area (Å²) in [6.45, 7) is 3.11. The molecule has 1 aliphatic rings. The first-order valence-electron chi connectivity index (χ1n) is 8.74. The molecule has 6 heteroatoms. The summed E-state index contributed by atoms with van der Waals surface area (Å²) in [5.41, 5.74) is 3.77. The minimum absolute atomic E-state index is 0.0317. The number of piperidine rings is 1. The molecule has 2 atom stereocenters. The monoisotopic (exact) mass is 367 g/mol. The lowest BCUT2D eigenvalue weighted by Gasteiger charge is -2.36. The van der Waals surface area contributed by atoms with Gasteiger partial charge in [0.05, 0.1) is 12.3 Å². The van der Waals surface area contributed by atoms with E-state index in [2.05, 4.69) is 28.6 Å². The summed E-state index contributed by atoms with van der Waals surface area (Å²) in [7, 11) is 0. The van der Waals surface area contributed by atoms with Crippen LogP contribution in [0.15, 0.2) is 48.1 Å². The van der Waals surface area contributed by atoms with Crippen LogP contribution in [0.2, 0.25) is 0 Å². The highest BCUT2D eigenvalue weighted by atomic mass is 32.1. The lowest BCUT2D eigenvalue weighted by Crippen LogP contribution is -2.45. The van der Waals surface area contributed by atoms with Gasteiger partial charge in [-0.05, 0) is 48.1 Å². The Kier molecular flexibility index (Phi) is 4.61. The first-order valence-corrected chi connectivity index (χ1v) is 9.62. The number of aliphatic hydroxyl groups is 1. The number of carbonyl (C=O) groups is 1. The number of carbonyl (C=O) groups excluding carboxylic acids is 1. The Labute approximate surface area is 156 Å². The van der Waals surface area contributed by atoms with Gasteiger partial charge in [-0.15, -0.1) is 11.3 Å². The highest BCUT2D eigenvalue weighted by molar-refractivity contribution is 7.10. The molecule has 1 fully saturated rings. The zero-order valence-corrected chi connectivity index (χ0v) is 15.4. The van der Waals surface area contributed by atoms with Crippen LogP contribution in [0.3, 0.4) is 0 Å². The maximum Gasteiger partial charge on any atom is 0.253 e. The van der Waals surface area contributed by atoms with E-state index in [0.29, 0.717) is 18.7 Å². The average Bonchev–Trinajstić information content (AvgIpc) is 3.33. The fourth-order valence-corrected chi connectivity index (χ4v) is 4.73. The van der Waals surface area contributed by atoms with Crippen molar-refractivity contribution >= 4 is 17.2 Å². The minimum atomic E-state index is -0.526. The van der Waals surface area contributed by atoms with E-state index in [1.165, 1.54) is 10.4 Å². The Balaban J connectivity index is 1.50. The van der Waals surface area contributed by atoms with E-state index in [1.807, 2.05) is 30.5 Å². The van der Waals surface area contributed by atoms with Crippen LogP contribution >= 0.6 is 11.3 Å². The number of rotatable bonds is 3. The van der Waals surface area contributed by atoms with Gasteiger partial charge in [-0.3, -0.25) is 9.89 Å². The van der Waals surface area contributed by atoms with Crippen molar-refractivity contribution in [3.63, 3.8) is 0 Å². The topological polar surface area (TPSA) is 69.2 Å². The van der Waals surface area contributed by atoms with Crippen molar-refractivity contribution in [3.05, 3.63) is 64.1 Å². The van der Waals surface area contributed by atoms with Crippen molar-refractivity contribution in [3.8, 4) is 11.1 Å². The first-order chi connectivity index (χ1) is 12.6. The molecule has 0 spiro atoms. The van der Waals surface area contributed by atoms with Crippen LogP contribution in [0.4, 0.5) is 0 Å². The highest BCUT2D eigenvalue weighted by Gasteiger charge is 2.32. The lowest BCUT2D eigenvalue weighted by atomic mass is 9.90. The van der Waals surface area contributed by atoms with Gasteiger partial charge in [0.1, 0.15) is 0 Å². The molecule has 3 aromatic rings. The number of thiophene rings is 1. The van der Waals surface area contributed by atoms with Crippen LogP contribution in [0.5, 0.6) is 0 Å². The highest BCUT2D eigenvalue weighted by Crippen LogP contribution is 2.34. The first kappa shape index (κ1) is 17.0. The molecule has 0 bridgehead atoms. The molecular formula is C20H21N3O2S. The largest absolute Gasteiger partial charge is 0.391 e. The van der Waals surface area contributed by atoms with Crippen molar-refractivity contribution in [2.24, 2.45) is 0 Å². The standard InChI is InChI=1S/C20H21N3O2S/c1-13-6-8-26-19(13)17-5-7-23(12-18(17)24)20(25)15-4-2-3-14(9-15)16-10-21-22-11-16/h2-4,6,8-11,17-18,24H,5,7,12H2,1H3,(H,21,22)/t17-,18-/m1/s1. The number of benzene rings is 1. The van der Waals surface area contributed by atoms with Crippen molar-refractivity contribution in [2.45, 2.75) is 25.4 Å². The summed E-state index contributed by atoms with van der Waals surface area (Å²) in [5, 5.41) is 19.5. The van der Waals surface area contributed by atoms with Crippen molar-refractivity contribution in [1.29, 1.82) is 0 Å². The number of nitrogens with zero attached hydrogens (tertiary/aromatic N) is 2. The Morgan fingerprint density at radius 2 is 2.23 bits per heavy atom. The van der Waals surface area contributed by atoms with Gasteiger partial charge >= 0.3 is 0 Å². The zero-order valence-electron chi connectivity index (χ0n) is 14.6. The van der Waals surface area contributed by atoms with Gasteiger partial charge in [0.25, 0.3) is 5.91 Å². The average molecular weight is 367 g/mol. The number of aryl methyl sites for hydroxylation is 1. The number of H-pyrrole nitrogens is 1. The van der Waals surface area contributed by atoms with E-state index in [1.54, 1.807) is 22.4 Å². The Morgan fingerprint density at radius 3 is 2.92 bits per heavy atom. The minimum Gasteiger partial charge on any atom is -0.391 e. The predicted molar refractivity (Wildman–Crippen MR) is 102 cm³/mol. The second kappa shape index (κ2) is 7.05. The molecule has 0 aliphatic carbocycles. The van der Waals surface area contributed by atoms with E-state index in [4.69, 9.17) is 0 Å². The molecule has 0 radical (unpaired) electrons. The molecule has 0 saturated carbocycles. The molecule has 1 amide bonds. The zero-order chi connectivity index (χ0) is 18.1. The number of hydrogen-bond donors (Lipinski definition) is 2. The normalized spacial score (nSPS) is 20.3. The van der Waals surface area contributed by atoms with Crippen molar-refractivity contribution in [2.75, 3.05) is 13.1 Å². The number of likely N-dealkylation sites (tertiary alicyclic amines) is 1. The molecule has 4 rings (SSSR count). The van der Waals surface area contributed by atoms with Gasteiger partial charge in [0.15, 0.2) is 0 Å². The fraction of sp³-hybridized carbons (Fsp3) is 0.300. The van der Waals surface area contributed by atoms with Crippen LogP contribution in [-0.2, 0) is 0 Å². The number of aromatic nitrogens is 2. The molecule has 2 aromatic heterocycles. The van der Waals surface area contributed by atoms with Gasteiger partial charge < -0.3 is 10.0 Å². The number of amides is 1. The van der Waals surface area contributed by atoms with Crippen LogP contribution < -0.4 is 0 Å². The van der Waals surface area contributed by atoms with E-state index in [9.17, 15) is 9.90 Å². The Hall–Kier alpha value is -2.44. The summed E-state index contributed by atoms with van der Waals surface area (Å²) in [6, 6.07) is 9.64. The summed E-state index contributed by atoms with van der Waals surface area (Å²) in [5.74, 6) is 0.0899. The molecule has 3 heterocycles. The van der Waals surface area contributed by atoms with E-state index in [-0.39, 0.29) is 11.8 Å². The number of aliphatic hydroxyl groups excluding tert-OH is 1. The molecule has 1 aromatic carbocycles. The van der Waals surface area contributed by atoms with E-state index < -0.39 is 6.10 Å². The molecule has 5 nitrogen and oxygen atoms in total. The molecule has 0 unspecified atom stereocenters. The lowest BCUT2D eigenvalue weighted by molar-refractivity contribution is 0.0387. The van der Waals surface area contributed by atoms with Crippen LogP contribution in [-0.4, -0.2) is 45.3 Å². The molecular weight excluding hydrogens is 346 g/mol. The summed E-state index contributed by atoms with van der Waals surface area (Å²) < 4.78 is 0. The van der Waals surface area contributed by atoms with Crippen LogP contribution in [0.25, 0.3) is 11.1 Å². The van der Waals surface area contributed by atoms with Gasteiger partial charge in [-0.25, -0.2) is 0 Å². The van der Waals surface area contributed by atoms with Crippen molar-refractivity contribution in [1.82, 2.24) is 15.1 Å². The van der Waals surface area contributed by atoms with Crippen molar-refractivity contribution < 1.29 is 9.90 Å². The fourth-order valence-electron chi connectivity index (χ4n) is 3.61. The van der Waals surface area contributed by atoms with Crippen LogP contribution in [0, 0.1) is 6.92 Å². The molecule has 26 heavy (non-hydrogen) atoms. The molecule has 134 valence electrons. The molecule has 1 aliphatic heterocycles. The summed E-state index contributed by atoms with van der Waals surface area (Å²) in [6.07, 6.45) is 3.81. The summed E-state index contributed by atoms with van der Waals surface area (Å²) in [4.78, 5) is 15.9. The van der Waals surface area contributed by atoms with E-state index in [0.717, 1.165) is 17.5 Å². The second-order valence-electron chi connectivity index (χ2n) is 6.75. The number of aromatic amines is 1. The maximum atomic E-state index is 12.9. The van der Waals surface area contributed by atoms with Gasteiger partial charge in [-0.1, -0.05) is 12.1 Å². The predicted octanol–water partition coefficient (Wildman–Crippen LogP) is 3.44. The summed E-state index contributed by atoms with van der Waals surface area (Å²) >= 11 is 1.69. The number of nitrogens with one attached hydrogen (secondary N) is 1. The third kappa shape index (κ3) is 3.18. The maximum absolute atomic E-state index is 12.9. The smallest absolute Gasteiger partial charge is 0.253 e. The van der Waals surface area contributed by atoms with Gasteiger partial charge in [0, 0.05) is 41.2 Å². The Morgan fingerprint density at radius 1 is 1.35 bits per heavy atom. The number of β-amino-alcohol motifs (C(OH)–C–C–N with tert-alkyl or cyclic N) is 1. The molecule has 2 N–H and O–H groups in total. The number of hydrogen-bond acceptors (Lipinski definition) is 4. The van der Waals surface area contributed by atoms with E-state index >= 15 is 0 Å². The SMILES string of the molecule is Cc1ccsc1[C@@H]1CCN(C(=O)c2cccc(-c3cn[nH]c3)c2)C[C@H]1O.